The zero-order chi connectivity index (χ0) is 43.3. The number of carboxylic acid groups (broad SMARTS) is 1. The Hall–Kier alpha value is -5.88. The summed E-state index contributed by atoms with van der Waals surface area (Å²) in [5, 5.41) is 27.3. The summed E-state index contributed by atoms with van der Waals surface area (Å²) in [5.41, 5.74) is 5.87. The quantitative estimate of drug-likeness (QED) is 0.103. The number of primary amides is 1. The molecule has 2 aliphatic rings. The molecule has 8 amide bonds. The average Bonchev–Trinajstić information content (AvgIpc) is 3.21. The number of amides is 8. The summed E-state index contributed by atoms with van der Waals surface area (Å²) in [6.07, 6.45) is 4.22. The van der Waals surface area contributed by atoms with Crippen LogP contribution in [-0.2, 0) is 47.9 Å². The molecular weight excluding hydrogens is 768 g/mol. The van der Waals surface area contributed by atoms with Gasteiger partial charge in [0.2, 0.25) is 47.1 Å². The molecule has 2 fully saturated rings. The number of carbonyl (C=O) groups is 10. The van der Waals surface area contributed by atoms with Crippen molar-refractivity contribution in [1.29, 1.82) is 0 Å². The lowest BCUT2D eigenvalue weighted by molar-refractivity contribution is -0.141. The Bertz CT molecular complexity index is 1670. The molecule has 1 aliphatic heterocycles. The van der Waals surface area contributed by atoms with Crippen LogP contribution in [0, 0.1) is 5.92 Å². The third kappa shape index (κ3) is 16.5. The van der Waals surface area contributed by atoms with Crippen LogP contribution < -0.4 is 43.0 Å². The maximum absolute atomic E-state index is 14.1. The molecule has 0 radical (unpaired) electrons. The Balaban J connectivity index is 1.80. The molecule has 1 aromatic rings. The first-order valence-corrected chi connectivity index (χ1v) is 20.3. The standard InChI is InChI=1S/C40H58N8O11/c1-2-12-26(35(54)40(59)43-23-31(51)47-33(36(41)55)24-13-5-3-6-14-24)45-37(56)27-17-9-10-22-42-29(49)18-11-19-30(50)44-28(20-21-32(52)53)38(57)48-34(39(58)46-27)25-15-7-4-8-16-25/h3,5-6,13-14,25-28,33-34H,2,4,7-12,15-23H2,1H3,(H2,41,55)(H,42,49)(H,43,59)(H,44,50)(H,45,56)(H,46,58)(H,47,51)(H,48,57)(H,52,53)/t26?,27-,28+,33-,34-/m0/s1. The van der Waals surface area contributed by atoms with Gasteiger partial charge in [0.25, 0.3) is 5.91 Å². The second-order valence-corrected chi connectivity index (χ2v) is 14.9. The van der Waals surface area contributed by atoms with E-state index in [1.165, 1.54) is 0 Å². The summed E-state index contributed by atoms with van der Waals surface area (Å²) in [4.78, 5) is 129. The van der Waals surface area contributed by atoms with Gasteiger partial charge in [-0.2, -0.15) is 0 Å². The van der Waals surface area contributed by atoms with Crippen molar-refractivity contribution in [2.75, 3.05) is 13.1 Å². The number of carboxylic acids is 1. The molecule has 19 heteroatoms. The lowest BCUT2D eigenvalue weighted by atomic mass is 9.83. The van der Waals surface area contributed by atoms with Crippen LogP contribution in [0.5, 0.6) is 0 Å². The van der Waals surface area contributed by atoms with E-state index in [1.807, 2.05) is 0 Å². The highest BCUT2D eigenvalue weighted by atomic mass is 16.4. The highest BCUT2D eigenvalue weighted by molar-refractivity contribution is 6.38. The molecular formula is C40H58N8O11. The van der Waals surface area contributed by atoms with Crippen molar-refractivity contribution in [3.63, 3.8) is 0 Å². The SMILES string of the molecule is CCCC(NC(=O)[C@@H]1CCCCNC(=O)CCCC(=O)N[C@H](CCC(=O)O)C(=O)N[C@@H](C2CCCCC2)C(=O)N1)C(=O)C(=O)NCC(=O)N[C@H](C(N)=O)c1ccccc1. The fourth-order valence-corrected chi connectivity index (χ4v) is 7.06. The van der Waals surface area contributed by atoms with Crippen LogP contribution in [0.4, 0.5) is 0 Å². The van der Waals surface area contributed by atoms with Crippen molar-refractivity contribution < 1.29 is 53.1 Å². The van der Waals surface area contributed by atoms with Crippen LogP contribution in [0.25, 0.3) is 0 Å². The van der Waals surface area contributed by atoms with Crippen molar-refractivity contribution in [3.05, 3.63) is 35.9 Å². The number of nitrogens with one attached hydrogen (secondary N) is 7. The number of rotatable bonds is 15. The van der Waals surface area contributed by atoms with Gasteiger partial charge in [-0.05, 0) is 62.8 Å². The topological polar surface area (TPSA) is 301 Å². The number of Topliss-reactive ketones (excluding diaryl/α,β-unsaturated/α-hetero) is 1. The Morgan fingerprint density at radius 2 is 1.49 bits per heavy atom. The second kappa shape index (κ2) is 24.8. The maximum Gasteiger partial charge on any atom is 0.303 e. The van der Waals surface area contributed by atoms with E-state index in [1.54, 1.807) is 37.3 Å². The highest BCUT2D eigenvalue weighted by Crippen LogP contribution is 2.27. The fourth-order valence-electron chi connectivity index (χ4n) is 7.06. The summed E-state index contributed by atoms with van der Waals surface area (Å²) in [6.45, 7) is 1.28. The Kier molecular flexibility index (Phi) is 20.0. The van der Waals surface area contributed by atoms with E-state index >= 15 is 0 Å². The van der Waals surface area contributed by atoms with E-state index in [2.05, 4.69) is 37.2 Å². The molecule has 1 heterocycles. The molecule has 10 N–H and O–H groups in total. The molecule has 1 saturated carbocycles. The molecule has 3 rings (SSSR count). The predicted octanol–water partition coefficient (Wildman–Crippen LogP) is -0.331. The summed E-state index contributed by atoms with van der Waals surface area (Å²) >= 11 is 0. The minimum absolute atomic E-state index is 0.0247. The zero-order valence-corrected chi connectivity index (χ0v) is 33.5. The monoisotopic (exact) mass is 826 g/mol. The first-order valence-electron chi connectivity index (χ1n) is 20.3. The summed E-state index contributed by atoms with van der Waals surface area (Å²) in [6, 6.07) is 1.92. The van der Waals surface area contributed by atoms with Gasteiger partial charge in [0.15, 0.2) is 0 Å². The van der Waals surface area contributed by atoms with E-state index in [4.69, 9.17) is 5.73 Å². The number of nitrogens with two attached hydrogens (primary N) is 1. The first-order chi connectivity index (χ1) is 28.2. The van der Waals surface area contributed by atoms with Crippen molar-refractivity contribution in [2.24, 2.45) is 11.7 Å². The molecule has 0 spiro atoms. The summed E-state index contributed by atoms with van der Waals surface area (Å²) < 4.78 is 0. The van der Waals surface area contributed by atoms with Crippen LogP contribution in [0.2, 0.25) is 0 Å². The van der Waals surface area contributed by atoms with Crippen LogP contribution in [0.3, 0.4) is 0 Å². The third-order valence-electron chi connectivity index (χ3n) is 10.2. The van der Waals surface area contributed by atoms with Crippen LogP contribution in [0.15, 0.2) is 30.3 Å². The summed E-state index contributed by atoms with van der Waals surface area (Å²) in [7, 11) is 0. The van der Waals surface area contributed by atoms with Crippen LogP contribution in [0.1, 0.15) is 115 Å². The molecule has 1 aromatic carbocycles. The van der Waals surface area contributed by atoms with Gasteiger partial charge in [-0.3, -0.25) is 47.9 Å². The molecule has 0 bridgehead atoms. The van der Waals surface area contributed by atoms with Crippen molar-refractivity contribution in [1.82, 2.24) is 37.2 Å². The summed E-state index contributed by atoms with van der Waals surface area (Å²) in [5.74, 6) is -8.56. The van der Waals surface area contributed by atoms with Gasteiger partial charge < -0.3 is 48.1 Å². The van der Waals surface area contributed by atoms with Crippen molar-refractivity contribution >= 4 is 59.0 Å². The van der Waals surface area contributed by atoms with E-state index in [9.17, 15) is 53.1 Å². The fraction of sp³-hybridized carbons (Fsp3) is 0.600. The van der Waals surface area contributed by atoms with Gasteiger partial charge in [-0.1, -0.05) is 62.9 Å². The van der Waals surface area contributed by atoms with Gasteiger partial charge in [0.1, 0.15) is 24.2 Å². The largest absolute Gasteiger partial charge is 0.481 e. The highest BCUT2D eigenvalue weighted by Gasteiger charge is 2.36. The van der Waals surface area contributed by atoms with E-state index in [0.717, 1.165) is 19.3 Å². The molecule has 59 heavy (non-hydrogen) atoms. The van der Waals surface area contributed by atoms with E-state index in [-0.39, 0.29) is 56.9 Å². The minimum Gasteiger partial charge on any atom is -0.481 e. The van der Waals surface area contributed by atoms with Crippen LogP contribution in [-0.4, -0.2) is 101 Å². The number of hydrogen-bond donors (Lipinski definition) is 9. The predicted molar refractivity (Wildman–Crippen MR) is 211 cm³/mol. The molecule has 0 aromatic heterocycles. The van der Waals surface area contributed by atoms with Gasteiger partial charge in [-0.25, -0.2) is 0 Å². The average molecular weight is 827 g/mol. The van der Waals surface area contributed by atoms with Gasteiger partial charge in [0, 0.05) is 25.8 Å². The van der Waals surface area contributed by atoms with Crippen molar-refractivity contribution in [2.45, 2.75) is 133 Å². The van der Waals surface area contributed by atoms with E-state index in [0.29, 0.717) is 37.7 Å². The normalized spacial score (nSPS) is 21.3. The molecule has 1 unspecified atom stereocenters. The first kappa shape index (κ1) is 47.5. The molecule has 19 nitrogen and oxygen atoms in total. The third-order valence-corrected chi connectivity index (χ3v) is 10.2. The van der Waals surface area contributed by atoms with Gasteiger partial charge in [-0.15, -0.1) is 0 Å². The lowest BCUT2D eigenvalue weighted by Gasteiger charge is -2.32. The molecule has 1 aliphatic carbocycles. The Morgan fingerprint density at radius 1 is 0.814 bits per heavy atom. The number of hydrogen-bond acceptors (Lipinski definition) is 10. The van der Waals surface area contributed by atoms with Crippen LogP contribution >= 0.6 is 0 Å². The number of carbonyl (C=O) groups excluding carboxylic acids is 9. The molecule has 324 valence electrons. The number of aliphatic carboxylic acids is 1. The Morgan fingerprint density at radius 3 is 2.15 bits per heavy atom. The smallest absolute Gasteiger partial charge is 0.303 e. The second-order valence-electron chi connectivity index (χ2n) is 14.9. The maximum atomic E-state index is 14.1. The van der Waals surface area contributed by atoms with E-state index < -0.39 is 96.3 Å². The number of ketones is 1. The minimum atomic E-state index is -1.35. The number of benzene rings is 1. The zero-order valence-electron chi connectivity index (χ0n) is 33.5. The Labute approximate surface area is 342 Å². The van der Waals surface area contributed by atoms with Gasteiger partial charge in [0.05, 0.1) is 12.6 Å². The van der Waals surface area contributed by atoms with Gasteiger partial charge >= 0.3 is 5.97 Å². The lowest BCUT2D eigenvalue weighted by Crippen LogP contribution is -2.60. The van der Waals surface area contributed by atoms with Crippen molar-refractivity contribution in [3.8, 4) is 0 Å². The molecule has 5 atom stereocenters. The molecule has 1 saturated heterocycles.